The zero-order chi connectivity index (χ0) is 42.7. The number of benzene rings is 8. The van der Waals surface area contributed by atoms with E-state index in [1.807, 2.05) is 106 Å². The fraction of sp³-hybridized carbons (Fsp3) is 0. The largest absolute Gasteiger partial charge is 0.278 e. The average Bonchev–Trinajstić information content (AvgIpc) is 3.88. The molecule has 0 unspecified atom stereocenters. The Balaban J connectivity index is 1.12. The lowest BCUT2D eigenvalue weighted by Crippen LogP contribution is -2.07. The molecule has 0 aliphatic heterocycles. The molecule has 12 rings (SSSR count). The Hall–Kier alpha value is -8.76. The van der Waals surface area contributed by atoms with Gasteiger partial charge in [0, 0.05) is 32.7 Å². The van der Waals surface area contributed by atoms with E-state index in [2.05, 4.69) is 48.5 Å². The van der Waals surface area contributed by atoms with Crippen LogP contribution in [-0.2, 0) is 0 Å². The topological polar surface area (TPSA) is 87.2 Å². The lowest BCUT2D eigenvalue weighted by molar-refractivity contribution is 0.629. The molecule has 4 aromatic heterocycles. The van der Waals surface area contributed by atoms with Gasteiger partial charge >= 0.3 is 0 Å². The van der Waals surface area contributed by atoms with Crippen molar-refractivity contribution in [1.82, 2.24) is 39.0 Å². The third-order valence-corrected chi connectivity index (χ3v) is 11.6. The predicted octanol–water partition coefficient (Wildman–Crippen LogP) is 12.9. The molecule has 64 heavy (non-hydrogen) atoms. The number of fused-ring (bicyclic) bond motifs is 6. The van der Waals surface area contributed by atoms with Gasteiger partial charge in [0.25, 0.3) is 0 Å². The summed E-state index contributed by atoms with van der Waals surface area (Å²) in [6.45, 7) is 0. The van der Waals surface area contributed by atoms with Crippen LogP contribution >= 0.6 is 0 Å². The third kappa shape index (κ3) is 6.03. The van der Waals surface area contributed by atoms with Crippen molar-refractivity contribution in [2.45, 2.75) is 0 Å². The Morgan fingerprint density at radius 1 is 0.281 bits per heavy atom. The third-order valence-electron chi connectivity index (χ3n) is 11.6. The zero-order valence-electron chi connectivity index (χ0n) is 33.8. The molecule has 12 aromatic rings. The van der Waals surface area contributed by atoms with E-state index < -0.39 is 11.6 Å². The van der Waals surface area contributed by atoms with Crippen LogP contribution in [-0.4, -0.2) is 39.0 Å². The van der Waals surface area contributed by atoms with Gasteiger partial charge in [-0.25, -0.2) is 18.7 Å². The van der Waals surface area contributed by atoms with Crippen LogP contribution in [0, 0.1) is 11.6 Å². The first-order valence-corrected chi connectivity index (χ1v) is 20.8. The van der Waals surface area contributed by atoms with Crippen LogP contribution < -0.4 is 0 Å². The quantitative estimate of drug-likeness (QED) is 0.159. The molecule has 0 radical (unpaired) electrons. The van der Waals surface area contributed by atoms with E-state index in [1.54, 1.807) is 36.4 Å². The number of hydrogen-bond acceptors (Lipinski definition) is 6. The first-order valence-electron chi connectivity index (χ1n) is 20.8. The molecule has 0 amide bonds. The predicted molar refractivity (Wildman–Crippen MR) is 249 cm³/mol. The Kier molecular flexibility index (Phi) is 8.68. The Morgan fingerprint density at radius 3 is 1.06 bits per heavy atom. The van der Waals surface area contributed by atoms with Crippen molar-refractivity contribution in [3.8, 4) is 68.6 Å². The van der Waals surface area contributed by atoms with Crippen LogP contribution in [0.1, 0.15) is 0 Å². The molecule has 0 spiro atoms. The van der Waals surface area contributed by atoms with Crippen LogP contribution in [0.4, 0.5) is 8.78 Å². The van der Waals surface area contributed by atoms with Crippen LogP contribution in [0.5, 0.6) is 0 Å². The van der Waals surface area contributed by atoms with Crippen LogP contribution in [0.2, 0.25) is 0 Å². The van der Waals surface area contributed by atoms with Crippen molar-refractivity contribution in [3.63, 3.8) is 0 Å². The summed E-state index contributed by atoms with van der Waals surface area (Å²) in [4.78, 5) is 29.7. The highest BCUT2D eigenvalue weighted by atomic mass is 19.1. The molecule has 302 valence electrons. The molecule has 8 nitrogen and oxygen atoms in total. The SMILES string of the molecule is Fc1ccccc1-c1nc(-c2ccccc2)nc(-n2c3ccccc3c3c(-c4cccc5c4c4ccccc4n5-c4nc(-c5ccccc5)nc(-c5ccccc5F)n4)cccc32)n1. The molecular formula is C54H32F2N8. The Labute approximate surface area is 364 Å². The maximum atomic E-state index is 15.5. The fourth-order valence-corrected chi connectivity index (χ4v) is 8.81. The lowest BCUT2D eigenvalue weighted by atomic mass is 9.95. The summed E-state index contributed by atoms with van der Waals surface area (Å²) in [7, 11) is 0. The lowest BCUT2D eigenvalue weighted by Gasteiger charge is -2.12. The molecule has 0 atom stereocenters. The van der Waals surface area contributed by atoms with Crippen molar-refractivity contribution < 1.29 is 8.78 Å². The van der Waals surface area contributed by atoms with Crippen LogP contribution in [0.15, 0.2) is 194 Å². The molecule has 0 bridgehead atoms. The highest BCUT2D eigenvalue weighted by molar-refractivity contribution is 6.22. The molecule has 4 heterocycles. The molecule has 0 saturated heterocycles. The second-order valence-electron chi connectivity index (χ2n) is 15.4. The van der Waals surface area contributed by atoms with Crippen molar-refractivity contribution in [2.75, 3.05) is 0 Å². The van der Waals surface area contributed by atoms with Crippen molar-refractivity contribution in [1.29, 1.82) is 0 Å². The van der Waals surface area contributed by atoms with Gasteiger partial charge in [-0.1, -0.05) is 146 Å². The Bertz CT molecular complexity index is 3520. The first-order chi connectivity index (χ1) is 31.6. The highest BCUT2D eigenvalue weighted by Gasteiger charge is 2.24. The molecule has 0 aliphatic rings. The smallest absolute Gasteiger partial charge is 0.238 e. The molecule has 8 aromatic carbocycles. The van der Waals surface area contributed by atoms with Crippen LogP contribution in [0.25, 0.3) is 112 Å². The second kappa shape index (κ2) is 15.0. The van der Waals surface area contributed by atoms with E-state index in [4.69, 9.17) is 29.9 Å². The van der Waals surface area contributed by atoms with Crippen molar-refractivity contribution in [2.24, 2.45) is 0 Å². The van der Waals surface area contributed by atoms with E-state index in [1.165, 1.54) is 12.1 Å². The summed E-state index contributed by atoms with van der Waals surface area (Å²) in [6.07, 6.45) is 0. The standard InChI is InChI=1S/C54H32F2N8/c55-41-27-11-7-21-37(41)51-57-49(33-17-3-1-4-18-33)59-53(61-51)63-43-29-13-9-23-39(43)47-35(25-15-31-45(47)63)36-26-16-32-46-48(36)40-24-10-14-30-44(40)64(46)54-60-50(34-19-5-2-6-20-34)58-52(62-54)38-22-8-12-28-42(38)56/h1-32H. The van der Waals surface area contributed by atoms with Crippen molar-refractivity contribution in [3.05, 3.63) is 206 Å². The average molecular weight is 831 g/mol. The van der Waals surface area contributed by atoms with Gasteiger partial charge in [0.2, 0.25) is 11.9 Å². The molecule has 10 heteroatoms. The summed E-state index contributed by atoms with van der Waals surface area (Å²) in [6, 6.07) is 61.3. The van der Waals surface area contributed by atoms with E-state index in [9.17, 15) is 0 Å². The second-order valence-corrected chi connectivity index (χ2v) is 15.4. The summed E-state index contributed by atoms with van der Waals surface area (Å²) in [5.74, 6) is 1.19. The molecular weight excluding hydrogens is 799 g/mol. The van der Waals surface area contributed by atoms with Gasteiger partial charge in [-0.2, -0.15) is 19.9 Å². The normalized spacial score (nSPS) is 11.6. The van der Waals surface area contributed by atoms with Gasteiger partial charge in [0.1, 0.15) is 11.6 Å². The van der Waals surface area contributed by atoms with E-state index in [0.717, 1.165) is 65.9 Å². The molecule has 0 N–H and O–H groups in total. The zero-order valence-corrected chi connectivity index (χ0v) is 33.8. The number of rotatable bonds is 7. The molecule has 0 aliphatic carbocycles. The van der Waals surface area contributed by atoms with Gasteiger partial charge < -0.3 is 0 Å². The number of aromatic nitrogens is 8. The monoisotopic (exact) mass is 830 g/mol. The molecule has 0 saturated carbocycles. The van der Waals surface area contributed by atoms with E-state index >= 15 is 8.78 Å². The maximum Gasteiger partial charge on any atom is 0.238 e. The minimum atomic E-state index is -0.424. The maximum absolute atomic E-state index is 15.5. The van der Waals surface area contributed by atoms with Gasteiger partial charge in [-0.05, 0) is 59.7 Å². The summed E-state index contributed by atoms with van der Waals surface area (Å²) < 4.78 is 35.0. The van der Waals surface area contributed by atoms with E-state index in [-0.39, 0.29) is 22.8 Å². The number of nitrogens with zero attached hydrogens (tertiary/aromatic N) is 8. The van der Waals surface area contributed by atoms with Gasteiger partial charge in [0.05, 0.1) is 33.2 Å². The number of halogens is 2. The van der Waals surface area contributed by atoms with Crippen LogP contribution in [0.3, 0.4) is 0 Å². The minimum absolute atomic E-state index is 0.230. The first kappa shape index (κ1) is 37.0. The van der Waals surface area contributed by atoms with Crippen molar-refractivity contribution >= 4 is 43.6 Å². The summed E-state index contributed by atoms with van der Waals surface area (Å²) in [5, 5.41) is 3.96. The van der Waals surface area contributed by atoms with Gasteiger partial charge in [0.15, 0.2) is 23.3 Å². The summed E-state index contributed by atoms with van der Waals surface area (Å²) >= 11 is 0. The minimum Gasteiger partial charge on any atom is -0.278 e. The van der Waals surface area contributed by atoms with Gasteiger partial charge in [-0.3, -0.25) is 9.13 Å². The fourth-order valence-electron chi connectivity index (χ4n) is 8.81. The highest BCUT2D eigenvalue weighted by Crippen LogP contribution is 2.44. The van der Waals surface area contributed by atoms with Gasteiger partial charge in [-0.15, -0.1) is 0 Å². The van der Waals surface area contributed by atoms with E-state index in [0.29, 0.717) is 23.5 Å². The molecule has 0 fully saturated rings. The Morgan fingerprint density at radius 2 is 0.625 bits per heavy atom. The summed E-state index contributed by atoms with van der Waals surface area (Å²) in [5.41, 5.74) is 7.58. The number of hydrogen-bond donors (Lipinski definition) is 0. The number of para-hydroxylation sites is 2.